The molecule has 0 aliphatic carbocycles. The molecule has 3 N–H and O–H groups in total. The van der Waals surface area contributed by atoms with Crippen molar-refractivity contribution in [3.05, 3.63) is 60.7 Å². The van der Waals surface area contributed by atoms with Crippen LogP contribution in [0.5, 0.6) is 0 Å². The number of anilines is 2. The maximum Gasteiger partial charge on any atom is 0.450 e. The number of ether oxygens (including phenoxy) is 1. The zero-order chi connectivity index (χ0) is 27.4. The first-order chi connectivity index (χ1) is 16.8. The number of nitrogens with zero attached hydrogens (tertiary/aromatic N) is 2. The fourth-order valence-electron chi connectivity index (χ4n) is 2.34. The minimum atomic E-state index is -4.95. The van der Waals surface area contributed by atoms with E-state index in [4.69, 9.17) is 5.84 Å². The summed E-state index contributed by atoms with van der Waals surface area (Å²) >= 11 is 0. The van der Waals surface area contributed by atoms with Gasteiger partial charge in [-0.2, -0.15) is 31.4 Å². The van der Waals surface area contributed by atoms with Gasteiger partial charge < -0.3 is 10.2 Å². The van der Waals surface area contributed by atoms with E-state index < -0.39 is 48.6 Å². The lowest BCUT2D eigenvalue weighted by molar-refractivity contribution is -0.174. The molecule has 196 valence electrons. The van der Waals surface area contributed by atoms with E-state index in [9.17, 15) is 40.7 Å². The number of para-hydroxylation sites is 2. The van der Waals surface area contributed by atoms with Gasteiger partial charge in [0.05, 0.1) is 18.7 Å². The van der Waals surface area contributed by atoms with E-state index in [1.54, 1.807) is 18.2 Å². The van der Waals surface area contributed by atoms with Crippen LogP contribution in [-0.4, -0.2) is 42.3 Å². The third-order valence-electron chi connectivity index (χ3n) is 3.97. The molecule has 0 fully saturated rings. The van der Waals surface area contributed by atoms with Gasteiger partial charge in [-0.15, -0.1) is 0 Å². The highest BCUT2D eigenvalue weighted by Gasteiger charge is 2.42. The number of benzene rings is 2. The van der Waals surface area contributed by atoms with Crippen molar-refractivity contribution in [2.45, 2.75) is 32.1 Å². The molecule has 1 amide bonds. The molecule has 0 spiro atoms. The monoisotopic (exact) mass is 520 g/mol. The maximum absolute atomic E-state index is 12.3. The lowest BCUT2D eigenvalue weighted by atomic mass is 10.2. The van der Waals surface area contributed by atoms with E-state index in [0.717, 1.165) is 10.7 Å². The van der Waals surface area contributed by atoms with Crippen LogP contribution in [0.4, 0.5) is 37.7 Å². The number of Topliss-reactive ketones (excluding diaryl/α,β-unsaturated/α-hetero) is 1. The van der Waals surface area contributed by atoms with Crippen molar-refractivity contribution in [3.8, 4) is 0 Å². The van der Waals surface area contributed by atoms with Crippen molar-refractivity contribution in [1.29, 1.82) is 0 Å². The molecule has 0 saturated carbocycles. The van der Waals surface area contributed by atoms with Crippen molar-refractivity contribution in [3.63, 3.8) is 0 Å². The van der Waals surface area contributed by atoms with Crippen LogP contribution in [0.15, 0.2) is 65.8 Å². The smallest absolute Gasteiger partial charge is 0.450 e. The van der Waals surface area contributed by atoms with Gasteiger partial charge in [-0.25, -0.2) is 5.01 Å². The average molecular weight is 520 g/mol. The summed E-state index contributed by atoms with van der Waals surface area (Å²) in [6.07, 6.45) is -11.4. The summed E-state index contributed by atoms with van der Waals surface area (Å²) in [5.74, 6) is 1.20. The minimum Gasteiger partial charge on any atom is -0.466 e. The summed E-state index contributed by atoms with van der Waals surface area (Å²) in [4.78, 5) is 31.8. The first-order valence-electron chi connectivity index (χ1n) is 10.1. The number of hydrogen-bond acceptors (Lipinski definition) is 7. The summed E-state index contributed by atoms with van der Waals surface area (Å²) in [5, 5.41) is 4.07. The Kier molecular flexibility index (Phi) is 11.6. The molecule has 2 aromatic rings. The number of hydrazine groups is 1. The number of carbonyl (C=O) groups is 3. The molecule has 1 aliphatic rings. The third kappa shape index (κ3) is 10.5. The van der Waals surface area contributed by atoms with Crippen LogP contribution in [0, 0.1) is 0 Å². The number of amides is 1. The second-order valence-electron chi connectivity index (χ2n) is 6.68. The minimum absolute atomic E-state index is 0.0377. The number of carbonyl (C=O) groups excluding carboxylic acids is 3. The van der Waals surface area contributed by atoms with Gasteiger partial charge in [0, 0.05) is 5.69 Å². The molecule has 0 unspecified atom stereocenters. The third-order valence-corrected chi connectivity index (χ3v) is 3.97. The van der Waals surface area contributed by atoms with Gasteiger partial charge in [-0.05, 0) is 31.2 Å². The summed E-state index contributed by atoms with van der Waals surface area (Å²) in [7, 11) is 0. The topological polar surface area (TPSA) is 114 Å². The zero-order valence-electron chi connectivity index (χ0n) is 18.8. The van der Waals surface area contributed by atoms with Gasteiger partial charge >= 0.3 is 18.3 Å². The van der Waals surface area contributed by atoms with Crippen molar-refractivity contribution in [2.24, 2.45) is 10.9 Å². The van der Waals surface area contributed by atoms with Crippen molar-refractivity contribution < 1.29 is 45.5 Å². The standard InChI is InChI=1S/C10H7F3N2O.C6H7F3O3.C6H8N2/c11-10(12,13)8-6-9(16)15(14-8)7-4-2-1-3-5-7;1-2-12-5(11)3-4(10)6(7,8)9;7-8-6-4-2-1-3-5-6/h1-5H,6H2;2-3H2,1H3;1-5,8H,7H2. The molecule has 36 heavy (non-hydrogen) atoms. The molecule has 0 bridgehead atoms. The molecule has 1 aliphatic heterocycles. The molecular weight excluding hydrogens is 498 g/mol. The fraction of sp³-hybridized carbons (Fsp3) is 0.273. The van der Waals surface area contributed by atoms with E-state index in [2.05, 4.69) is 15.3 Å². The van der Waals surface area contributed by atoms with Gasteiger partial charge in [0.1, 0.15) is 6.42 Å². The van der Waals surface area contributed by atoms with Crippen LogP contribution in [-0.2, 0) is 19.1 Å². The van der Waals surface area contributed by atoms with Gasteiger partial charge in [-0.1, -0.05) is 36.4 Å². The number of rotatable bonds is 5. The van der Waals surface area contributed by atoms with Crippen molar-refractivity contribution >= 4 is 34.7 Å². The molecule has 0 atom stereocenters. The fourth-order valence-corrected chi connectivity index (χ4v) is 2.34. The lowest BCUT2D eigenvalue weighted by Crippen LogP contribution is -2.26. The summed E-state index contributed by atoms with van der Waals surface area (Å²) in [6, 6.07) is 17.6. The number of alkyl halides is 6. The molecule has 0 saturated heterocycles. The number of ketones is 1. The molecule has 3 rings (SSSR count). The number of hydrogen-bond donors (Lipinski definition) is 2. The maximum atomic E-state index is 12.3. The van der Waals surface area contributed by atoms with Gasteiger partial charge in [-0.3, -0.25) is 20.2 Å². The predicted molar refractivity (Wildman–Crippen MR) is 119 cm³/mol. The molecule has 0 radical (unpaired) electrons. The van der Waals surface area contributed by atoms with E-state index >= 15 is 0 Å². The Labute approximate surface area is 201 Å². The van der Waals surface area contributed by atoms with Crippen LogP contribution >= 0.6 is 0 Å². The van der Waals surface area contributed by atoms with Crippen LogP contribution in [0.3, 0.4) is 0 Å². The highest BCUT2D eigenvalue weighted by atomic mass is 19.4. The largest absolute Gasteiger partial charge is 0.466 e. The van der Waals surface area contributed by atoms with E-state index in [-0.39, 0.29) is 6.61 Å². The van der Waals surface area contributed by atoms with Crippen molar-refractivity contribution in [2.75, 3.05) is 17.0 Å². The number of nitrogens with one attached hydrogen (secondary N) is 1. The van der Waals surface area contributed by atoms with Crippen LogP contribution in [0.2, 0.25) is 0 Å². The second-order valence-corrected chi connectivity index (χ2v) is 6.68. The summed E-state index contributed by atoms with van der Waals surface area (Å²) in [6.45, 7) is 1.40. The number of esters is 1. The van der Waals surface area contributed by atoms with E-state index in [0.29, 0.717) is 5.69 Å². The Hall–Kier alpha value is -3.94. The SMILES string of the molecule is CCOC(=O)CC(=O)C(F)(F)F.NNc1ccccc1.O=C1CC(C(F)(F)F)=NN1c1ccccc1. The number of nitrogens with two attached hydrogens (primary N) is 1. The van der Waals surface area contributed by atoms with Crippen LogP contribution in [0.25, 0.3) is 0 Å². The first kappa shape index (κ1) is 30.1. The Morgan fingerprint density at radius 1 is 1.00 bits per heavy atom. The Balaban J connectivity index is 0.000000287. The molecule has 8 nitrogen and oxygen atoms in total. The predicted octanol–water partition coefficient (Wildman–Crippen LogP) is 4.38. The van der Waals surface area contributed by atoms with Crippen molar-refractivity contribution in [1.82, 2.24) is 0 Å². The number of hydrazone groups is 1. The van der Waals surface area contributed by atoms with Gasteiger partial charge in [0.2, 0.25) is 5.78 Å². The molecule has 2 aromatic carbocycles. The van der Waals surface area contributed by atoms with Crippen LogP contribution in [0.1, 0.15) is 19.8 Å². The Morgan fingerprint density at radius 3 is 1.92 bits per heavy atom. The molecule has 14 heteroatoms. The highest BCUT2D eigenvalue weighted by molar-refractivity contribution is 6.14. The highest BCUT2D eigenvalue weighted by Crippen LogP contribution is 2.27. The average Bonchev–Trinajstić information content (AvgIpc) is 3.23. The van der Waals surface area contributed by atoms with Gasteiger partial charge in [0.15, 0.2) is 5.71 Å². The lowest BCUT2D eigenvalue weighted by Gasteiger charge is -2.10. The zero-order valence-corrected chi connectivity index (χ0v) is 18.8. The quantitative estimate of drug-likeness (QED) is 0.199. The number of nitrogen functional groups attached to an aromatic ring is 1. The Morgan fingerprint density at radius 2 is 1.53 bits per heavy atom. The Bertz CT molecular complexity index is 1030. The van der Waals surface area contributed by atoms with Gasteiger partial charge in [0.25, 0.3) is 5.91 Å². The normalized spacial score (nSPS) is 12.9. The summed E-state index contributed by atoms with van der Waals surface area (Å²) < 4.78 is 75.6. The summed E-state index contributed by atoms with van der Waals surface area (Å²) in [5.41, 5.74) is 2.75. The van der Waals surface area contributed by atoms with E-state index in [1.807, 2.05) is 30.3 Å². The molecule has 1 heterocycles. The van der Waals surface area contributed by atoms with Crippen LogP contribution < -0.4 is 16.3 Å². The first-order valence-corrected chi connectivity index (χ1v) is 10.1. The molecular formula is C22H22F6N4O4. The molecule has 0 aromatic heterocycles. The second kappa shape index (κ2) is 13.8. The number of halogens is 6. The van der Waals surface area contributed by atoms with E-state index in [1.165, 1.54) is 19.1 Å².